The summed E-state index contributed by atoms with van der Waals surface area (Å²) in [6, 6.07) is 18.5. The summed E-state index contributed by atoms with van der Waals surface area (Å²) in [5, 5.41) is 5.92. The summed E-state index contributed by atoms with van der Waals surface area (Å²) < 4.78 is 20.8. The van der Waals surface area contributed by atoms with Crippen LogP contribution in [0, 0.1) is 8.99 Å². The molecule has 9 heteroatoms. The third-order valence-electron chi connectivity index (χ3n) is 5.68. The van der Waals surface area contributed by atoms with Gasteiger partial charge in [0.15, 0.2) is 17.3 Å². The highest BCUT2D eigenvalue weighted by atomic mass is 127. The van der Waals surface area contributed by atoms with Gasteiger partial charge < -0.3 is 13.9 Å². The van der Waals surface area contributed by atoms with Gasteiger partial charge in [0.1, 0.15) is 5.58 Å². The summed E-state index contributed by atoms with van der Waals surface area (Å²) >= 11 is 5.71. The van der Waals surface area contributed by atoms with Gasteiger partial charge in [-0.1, -0.05) is 48.8 Å². The Labute approximate surface area is 241 Å². The second kappa shape index (κ2) is 10.5. The van der Waals surface area contributed by atoms with E-state index in [-0.39, 0.29) is 11.0 Å². The monoisotopic (exact) mass is 685 g/mol. The predicted molar refractivity (Wildman–Crippen MR) is 163 cm³/mol. The average molecular weight is 686 g/mol. The highest BCUT2D eigenvalue weighted by Gasteiger charge is 2.18. The van der Waals surface area contributed by atoms with E-state index in [1.54, 1.807) is 31.5 Å². The van der Waals surface area contributed by atoms with Crippen LogP contribution >= 0.6 is 38.5 Å². The normalized spacial score (nSPS) is 12.1. The molecule has 0 bridgehead atoms. The van der Waals surface area contributed by atoms with Crippen LogP contribution in [0.1, 0.15) is 26.3 Å². The van der Waals surface area contributed by atoms with Gasteiger partial charge in [-0.15, -0.1) is 0 Å². The molecule has 0 amide bonds. The fourth-order valence-corrected chi connectivity index (χ4v) is 5.04. The SMILES string of the molecule is COc1cc(C=Nn2c(-c3cc4cc(Br)ccc4o3)nc3ccccc3c2=O)cc(I)c1OCC(C)(C)C. The molecule has 2 heterocycles. The lowest BCUT2D eigenvalue weighted by atomic mass is 9.99. The van der Waals surface area contributed by atoms with Crippen molar-refractivity contribution in [1.82, 2.24) is 9.66 Å². The molecule has 0 saturated carbocycles. The molecule has 0 aliphatic carbocycles. The number of hydrogen-bond acceptors (Lipinski definition) is 6. The van der Waals surface area contributed by atoms with Crippen LogP contribution in [0.25, 0.3) is 33.5 Å². The van der Waals surface area contributed by atoms with E-state index < -0.39 is 0 Å². The largest absolute Gasteiger partial charge is 0.493 e. The molecule has 38 heavy (non-hydrogen) atoms. The molecule has 2 aromatic heterocycles. The topological polar surface area (TPSA) is 78.9 Å². The Hall–Kier alpha value is -3.18. The van der Waals surface area contributed by atoms with Gasteiger partial charge in [0.2, 0.25) is 5.82 Å². The van der Waals surface area contributed by atoms with Gasteiger partial charge in [0.25, 0.3) is 5.56 Å². The molecule has 3 aromatic carbocycles. The first-order valence-electron chi connectivity index (χ1n) is 11.9. The van der Waals surface area contributed by atoms with E-state index in [1.807, 2.05) is 42.5 Å². The first-order chi connectivity index (χ1) is 18.1. The number of para-hydroxylation sites is 1. The number of halogens is 2. The lowest BCUT2D eigenvalue weighted by Gasteiger charge is -2.21. The Morgan fingerprint density at radius 1 is 1.13 bits per heavy atom. The quantitative estimate of drug-likeness (QED) is 0.137. The van der Waals surface area contributed by atoms with Gasteiger partial charge in [-0.2, -0.15) is 9.78 Å². The number of furan rings is 1. The first-order valence-corrected chi connectivity index (χ1v) is 13.8. The second-order valence-electron chi connectivity index (χ2n) is 9.99. The number of ether oxygens (including phenoxy) is 2. The van der Waals surface area contributed by atoms with Crippen LogP contribution in [0.15, 0.2) is 79.4 Å². The minimum Gasteiger partial charge on any atom is -0.493 e. The fraction of sp³-hybridized carbons (Fsp3) is 0.207. The third-order valence-corrected chi connectivity index (χ3v) is 6.97. The van der Waals surface area contributed by atoms with Crippen LogP contribution in [0.4, 0.5) is 0 Å². The van der Waals surface area contributed by atoms with Crippen molar-refractivity contribution in [3.05, 3.63) is 84.6 Å². The smallest absolute Gasteiger partial charge is 0.282 e. The number of hydrogen-bond donors (Lipinski definition) is 0. The molecule has 5 aromatic rings. The van der Waals surface area contributed by atoms with Gasteiger partial charge in [-0.3, -0.25) is 4.79 Å². The highest BCUT2D eigenvalue weighted by molar-refractivity contribution is 14.1. The number of methoxy groups -OCH3 is 1. The van der Waals surface area contributed by atoms with E-state index in [4.69, 9.17) is 18.9 Å². The van der Waals surface area contributed by atoms with Crippen LogP contribution in [0.5, 0.6) is 11.5 Å². The van der Waals surface area contributed by atoms with Crippen molar-refractivity contribution in [3.63, 3.8) is 0 Å². The zero-order valence-electron chi connectivity index (χ0n) is 21.3. The molecule has 7 nitrogen and oxygen atoms in total. The van der Waals surface area contributed by atoms with Gasteiger partial charge in [0.05, 0.1) is 34.4 Å². The Morgan fingerprint density at radius 3 is 2.68 bits per heavy atom. The molecule has 0 fully saturated rings. The Balaban J connectivity index is 1.61. The minimum atomic E-state index is -0.296. The Kier molecular flexibility index (Phi) is 7.32. The summed E-state index contributed by atoms with van der Waals surface area (Å²) in [5.41, 5.74) is 1.70. The van der Waals surface area contributed by atoms with Crippen molar-refractivity contribution < 1.29 is 13.9 Å². The molecule has 0 aliphatic heterocycles. The number of rotatable bonds is 6. The van der Waals surface area contributed by atoms with Crippen molar-refractivity contribution in [2.24, 2.45) is 10.5 Å². The second-order valence-corrected chi connectivity index (χ2v) is 12.1. The highest BCUT2D eigenvalue weighted by Crippen LogP contribution is 2.35. The molecule has 0 saturated heterocycles. The van der Waals surface area contributed by atoms with Crippen molar-refractivity contribution in [3.8, 4) is 23.1 Å². The molecule has 0 N–H and O–H groups in total. The van der Waals surface area contributed by atoms with Gasteiger partial charge in [0, 0.05) is 9.86 Å². The summed E-state index contributed by atoms with van der Waals surface area (Å²) in [5.74, 6) is 2.02. The molecule has 5 rings (SSSR count). The molecule has 0 radical (unpaired) electrons. The molecule has 194 valence electrons. The molecular weight excluding hydrogens is 661 g/mol. The van der Waals surface area contributed by atoms with Gasteiger partial charge in [-0.05, 0) is 82.1 Å². The molecule has 0 unspecified atom stereocenters. The Morgan fingerprint density at radius 2 is 1.92 bits per heavy atom. The summed E-state index contributed by atoms with van der Waals surface area (Å²) in [4.78, 5) is 18.3. The third kappa shape index (κ3) is 5.49. The van der Waals surface area contributed by atoms with E-state index >= 15 is 0 Å². The maximum atomic E-state index is 13.6. The zero-order chi connectivity index (χ0) is 27.0. The number of nitrogens with zero attached hydrogens (tertiary/aromatic N) is 3. The van der Waals surface area contributed by atoms with Gasteiger partial charge >= 0.3 is 0 Å². The van der Waals surface area contributed by atoms with Crippen molar-refractivity contribution in [2.45, 2.75) is 20.8 Å². The van der Waals surface area contributed by atoms with E-state index in [1.165, 1.54) is 4.68 Å². The number of benzene rings is 3. The zero-order valence-corrected chi connectivity index (χ0v) is 25.0. The maximum Gasteiger partial charge on any atom is 0.282 e. The van der Waals surface area contributed by atoms with Gasteiger partial charge in [-0.25, -0.2) is 4.98 Å². The van der Waals surface area contributed by atoms with Crippen LogP contribution in [-0.4, -0.2) is 29.6 Å². The minimum absolute atomic E-state index is 0.00159. The lowest BCUT2D eigenvalue weighted by molar-refractivity contribution is 0.190. The standard InChI is InChI=1S/C29H25BrIN3O4/c1-29(2,3)16-37-26-21(31)11-17(12-24(26)36-4)15-32-34-27(33-22-8-6-5-7-20(22)28(34)35)25-14-18-13-19(30)9-10-23(18)38-25/h5-15H,16H2,1-4H3. The van der Waals surface area contributed by atoms with E-state index in [2.05, 4.69) is 64.4 Å². The van der Waals surface area contributed by atoms with Crippen LogP contribution in [0.3, 0.4) is 0 Å². The fourth-order valence-electron chi connectivity index (χ4n) is 3.88. The number of aromatic nitrogens is 2. The number of fused-ring (bicyclic) bond motifs is 2. The van der Waals surface area contributed by atoms with Crippen molar-refractivity contribution in [2.75, 3.05) is 13.7 Å². The molecular formula is C29H25BrIN3O4. The maximum absolute atomic E-state index is 13.6. The van der Waals surface area contributed by atoms with Crippen LogP contribution in [0.2, 0.25) is 0 Å². The van der Waals surface area contributed by atoms with E-state index in [0.29, 0.717) is 46.2 Å². The average Bonchev–Trinajstić information content (AvgIpc) is 3.29. The Bertz CT molecular complexity index is 1750. The molecule has 0 atom stereocenters. The van der Waals surface area contributed by atoms with Crippen LogP contribution in [-0.2, 0) is 0 Å². The first kappa shape index (κ1) is 26.4. The van der Waals surface area contributed by atoms with E-state index in [9.17, 15) is 4.79 Å². The summed E-state index contributed by atoms with van der Waals surface area (Å²) in [6.45, 7) is 6.88. The summed E-state index contributed by atoms with van der Waals surface area (Å²) in [7, 11) is 1.60. The lowest BCUT2D eigenvalue weighted by Crippen LogP contribution is -2.20. The molecule has 0 aliphatic rings. The predicted octanol–water partition coefficient (Wildman–Crippen LogP) is 7.49. The van der Waals surface area contributed by atoms with E-state index in [0.717, 1.165) is 19.0 Å². The molecule has 0 spiro atoms. The van der Waals surface area contributed by atoms with Crippen LogP contribution < -0.4 is 15.0 Å². The van der Waals surface area contributed by atoms with Crippen molar-refractivity contribution >= 4 is 66.6 Å². The summed E-state index contributed by atoms with van der Waals surface area (Å²) in [6.07, 6.45) is 1.61. The van der Waals surface area contributed by atoms with Crippen molar-refractivity contribution in [1.29, 1.82) is 0 Å².